The molecule has 1 unspecified atom stereocenters. The quantitative estimate of drug-likeness (QED) is 0.597. The van der Waals surface area contributed by atoms with Gasteiger partial charge in [0.05, 0.1) is 31.9 Å². The Labute approximate surface area is 184 Å². The number of carbonyl (C=O) groups excluding carboxylic acids is 3. The van der Waals surface area contributed by atoms with E-state index in [1.807, 2.05) is 31.2 Å². The van der Waals surface area contributed by atoms with E-state index in [1.165, 1.54) is 7.11 Å². The van der Waals surface area contributed by atoms with Gasteiger partial charge in [-0.2, -0.15) is 5.10 Å². The molecule has 0 fully saturated rings. The Balaban J connectivity index is 1.61. The topological polar surface area (TPSA) is 112 Å². The highest BCUT2D eigenvalue weighted by Gasteiger charge is 2.34. The number of benzene rings is 2. The summed E-state index contributed by atoms with van der Waals surface area (Å²) in [5, 5.41) is 10.3. The van der Waals surface area contributed by atoms with Crippen molar-refractivity contribution in [2.45, 2.75) is 19.4 Å². The predicted octanol–water partition coefficient (Wildman–Crippen LogP) is 3.18. The van der Waals surface area contributed by atoms with Gasteiger partial charge in [-0.3, -0.25) is 9.59 Å². The number of aromatic nitrogens is 2. The number of ether oxygens (including phenoxy) is 2. The van der Waals surface area contributed by atoms with Crippen molar-refractivity contribution in [1.29, 1.82) is 0 Å². The molecule has 2 heterocycles. The van der Waals surface area contributed by atoms with Gasteiger partial charge in [0.2, 0.25) is 11.8 Å². The van der Waals surface area contributed by atoms with Crippen LogP contribution in [0.5, 0.6) is 5.75 Å². The molecule has 0 spiro atoms. The van der Waals surface area contributed by atoms with E-state index in [0.29, 0.717) is 22.8 Å². The number of methoxy groups -OCH3 is 2. The molecule has 9 nitrogen and oxygen atoms in total. The maximum Gasteiger partial charge on any atom is 0.337 e. The number of hydrogen-bond donors (Lipinski definition) is 2. The molecule has 2 aromatic carbocycles. The fourth-order valence-corrected chi connectivity index (χ4v) is 3.60. The minimum atomic E-state index is -0.815. The molecule has 1 aliphatic rings. The van der Waals surface area contributed by atoms with Crippen molar-refractivity contribution >= 4 is 29.3 Å². The van der Waals surface area contributed by atoms with Crippen LogP contribution in [0.4, 0.5) is 11.5 Å². The Morgan fingerprint density at radius 3 is 2.41 bits per heavy atom. The average molecular weight is 434 g/mol. The first-order valence-electron chi connectivity index (χ1n) is 9.94. The largest absolute Gasteiger partial charge is 0.497 e. The lowest BCUT2D eigenvalue weighted by atomic mass is 10.1. The summed E-state index contributed by atoms with van der Waals surface area (Å²) >= 11 is 0. The van der Waals surface area contributed by atoms with Crippen molar-refractivity contribution in [2.24, 2.45) is 0 Å². The van der Waals surface area contributed by atoms with E-state index in [9.17, 15) is 14.4 Å². The van der Waals surface area contributed by atoms with Crippen LogP contribution in [0.2, 0.25) is 0 Å². The first-order chi connectivity index (χ1) is 15.4. The van der Waals surface area contributed by atoms with Crippen molar-refractivity contribution in [1.82, 2.24) is 9.78 Å². The zero-order chi connectivity index (χ0) is 22.8. The maximum absolute atomic E-state index is 13.0. The fourth-order valence-electron chi connectivity index (χ4n) is 3.60. The number of nitrogens with one attached hydrogen (secondary N) is 2. The van der Waals surface area contributed by atoms with Gasteiger partial charge in [0, 0.05) is 16.8 Å². The van der Waals surface area contributed by atoms with Crippen molar-refractivity contribution < 1.29 is 23.9 Å². The van der Waals surface area contributed by atoms with Gasteiger partial charge >= 0.3 is 5.97 Å². The van der Waals surface area contributed by atoms with E-state index in [2.05, 4.69) is 20.5 Å². The maximum atomic E-state index is 13.0. The van der Waals surface area contributed by atoms with Crippen LogP contribution >= 0.6 is 0 Å². The van der Waals surface area contributed by atoms with Gasteiger partial charge in [0.1, 0.15) is 17.6 Å². The molecule has 4 rings (SSSR count). The predicted molar refractivity (Wildman–Crippen MR) is 118 cm³/mol. The minimum Gasteiger partial charge on any atom is -0.497 e. The molecule has 2 amide bonds. The second-order valence-corrected chi connectivity index (χ2v) is 7.32. The van der Waals surface area contributed by atoms with Gasteiger partial charge in [-0.25, -0.2) is 9.48 Å². The van der Waals surface area contributed by atoms with Gasteiger partial charge < -0.3 is 20.1 Å². The minimum absolute atomic E-state index is 0.0394. The van der Waals surface area contributed by atoms with E-state index < -0.39 is 12.0 Å². The third-order valence-electron chi connectivity index (χ3n) is 5.32. The number of fused-ring (bicyclic) bond motifs is 1. The standard InChI is InChI=1S/C23H22N4O5/c1-13-20(14-6-10-17(31-2)11-7-14)26-27-18(12-19(28)25-21(13)27)22(29)24-16-8-4-15(5-9-16)23(30)32-3/h4-11,18H,12H2,1-3H3,(H,24,29)(H,25,28). The highest BCUT2D eigenvalue weighted by molar-refractivity contribution is 6.02. The summed E-state index contributed by atoms with van der Waals surface area (Å²) in [5.74, 6) is 0.112. The van der Waals surface area contributed by atoms with Gasteiger partial charge in [0.25, 0.3) is 0 Å². The van der Waals surface area contributed by atoms with Crippen LogP contribution in [0.25, 0.3) is 11.3 Å². The van der Waals surface area contributed by atoms with Crippen molar-refractivity contribution in [3.63, 3.8) is 0 Å². The zero-order valence-corrected chi connectivity index (χ0v) is 17.8. The van der Waals surface area contributed by atoms with Crippen LogP contribution in [0.3, 0.4) is 0 Å². The third-order valence-corrected chi connectivity index (χ3v) is 5.32. The zero-order valence-electron chi connectivity index (χ0n) is 17.8. The molecular weight excluding hydrogens is 412 g/mol. The molecule has 0 saturated carbocycles. The molecule has 0 radical (unpaired) electrons. The normalized spacial score (nSPS) is 14.8. The Bertz CT molecular complexity index is 1180. The van der Waals surface area contributed by atoms with Gasteiger partial charge in [0.15, 0.2) is 0 Å². The second-order valence-electron chi connectivity index (χ2n) is 7.32. The lowest BCUT2D eigenvalue weighted by Crippen LogP contribution is -2.35. The molecule has 0 saturated heterocycles. The molecule has 1 aliphatic heterocycles. The van der Waals surface area contributed by atoms with Crippen LogP contribution in [0.15, 0.2) is 48.5 Å². The first kappa shape index (κ1) is 21.1. The molecular formula is C23H22N4O5. The average Bonchev–Trinajstić information content (AvgIpc) is 3.14. The highest BCUT2D eigenvalue weighted by Crippen LogP contribution is 2.35. The summed E-state index contributed by atoms with van der Waals surface area (Å²) in [6, 6.07) is 12.9. The fraction of sp³-hybridized carbons (Fsp3) is 0.217. The Kier molecular flexibility index (Phi) is 5.63. The van der Waals surface area contributed by atoms with E-state index in [0.717, 1.165) is 16.9 Å². The van der Waals surface area contributed by atoms with Crippen molar-refractivity contribution in [3.8, 4) is 17.0 Å². The van der Waals surface area contributed by atoms with E-state index in [1.54, 1.807) is 36.1 Å². The first-order valence-corrected chi connectivity index (χ1v) is 9.94. The van der Waals surface area contributed by atoms with Crippen LogP contribution in [-0.2, 0) is 14.3 Å². The molecule has 164 valence electrons. The summed E-state index contributed by atoms with van der Waals surface area (Å²) in [5.41, 5.74) is 3.15. The molecule has 3 aromatic rings. The third kappa shape index (κ3) is 3.92. The monoisotopic (exact) mass is 434 g/mol. The van der Waals surface area contributed by atoms with Crippen LogP contribution < -0.4 is 15.4 Å². The van der Waals surface area contributed by atoms with Crippen LogP contribution in [0, 0.1) is 6.92 Å². The molecule has 0 aliphatic carbocycles. The summed E-state index contributed by atoms with van der Waals surface area (Å²) in [4.78, 5) is 36.9. The number of carbonyl (C=O) groups is 3. The van der Waals surface area contributed by atoms with Crippen molar-refractivity contribution in [2.75, 3.05) is 24.9 Å². The SMILES string of the molecule is COC(=O)c1ccc(NC(=O)C2CC(=O)Nc3c(C)c(-c4ccc(OC)cc4)nn32)cc1. The smallest absolute Gasteiger partial charge is 0.337 e. The Morgan fingerprint density at radius 1 is 1.09 bits per heavy atom. The molecule has 1 aromatic heterocycles. The number of amides is 2. The highest BCUT2D eigenvalue weighted by atomic mass is 16.5. The van der Waals surface area contributed by atoms with Gasteiger partial charge in [-0.1, -0.05) is 0 Å². The molecule has 32 heavy (non-hydrogen) atoms. The van der Waals surface area contributed by atoms with Crippen LogP contribution in [-0.4, -0.2) is 41.8 Å². The van der Waals surface area contributed by atoms with Crippen molar-refractivity contribution in [3.05, 3.63) is 59.7 Å². The number of rotatable bonds is 5. The van der Waals surface area contributed by atoms with E-state index in [4.69, 9.17) is 4.74 Å². The summed E-state index contributed by atoms with van der Waals surface area (Å²) in [7, 11) is 2.90. The molecule has 9 heteroatoms. The molecule has 1 atom stereocenters. The lowest BCUT2D eigenvalue weighted by Gasteiger charge is -2.24. The van der Waals surface area contributed by atoms with E-state index in [-0.39, 0.29) is 18.2 Å². The summed E-state index contributed by atoms with van der Waals surface area (Å²) < 4.78 is 11.4. The number of hydrogen-bond acceptors (Lipinski definition) is 6. The van der Waals surface area contributed by atoms with E-state index >= 15 is 0 Å². The Hall–Kier alpha value is -4.14. The molecule has 2 N–H and O–H groups in total. The summed E-state index contributed by atoms with van der Waals surface area (Å²) in [6.07, 6.45) is -0.0394. The lowest BCUT2D eigenvalue weighted by molar-refractivity contribution is -0.125. The van der Waals surface area contributed by atoms with Gasteiger partial charge in [-0.05, 0) is 55.5 Å². The second kappa shape index (κ2) is 8.54. The number of esters is 1. The summed E-state index contributed by atoms with van der Waals surface area (Å²) in [6.45, 7) is 1.85. The molecule has 0 bridgehead atoms. The number of anilines is 2. The van der Waals surface area contributed by atoms with Crippen LogP contribution in [0.1, 0.15) is 28.4 Å². The van der Waals surface area contributed by atoms with Gasteiger partial charge in [-0.15, -0.1) is 0 Å². The Morgan fingerprint density at radius 2 is 1.78 bits per heavy atom. The number of nitrogens with zero attached hydrogens (tertiary/aromatic N) is 2.